The van der Waals surface area contributed by atoms with E-state index in [4.69, 9.17) is 0 Å². The summed E-state index contributed by atoms with van der Waals surface area (Å²) >= 11 is 1.25. The first-order chi connectivity index (χ1) is 7.70. The predicted molar refractivity (Wildman–Crippen MR) is 57.7 cm³/mol. The molecule has 2 heterocycles. The van der Waals surface area contributed by atoms with Crippen LogP contribution in [0.25, 0.3) is 0 Å². The molecule has 1 N–H and O–H groups in total. The molecule has 1 saturated heterocycles. The topological polar surface area (TPSA) is 75.2 Å². The van der Waals surface area contributed by atoms with Crippen LogP contribution in [0.3, 0.4) is 0 Å². The molecule has 1 aliphatic rings. The smallest absolute Gasteiger partial charge is 0.273 e. The number of rotatable bonds is 3. The van der Waals surface area contributed by atoms with Gasteiger partial charge in [0.2, 0.25) is 10.9 Å². The van der Waals surface area contributed by atoms with E-state index in [1.54, 1.807) is 0 Å². The first-order valence-corrected chi connectivity index (χ1v) is 5.96. The summed E-state index contributed by atoms with van der Waals surface area (Å²) in [7, 11) is 0. The summed E-state index contributed by atoms with van der Waals surface area (Å²) in [4.78, 5) is 23.0. The first kappa shape index (κ1) is 11.0. The van der Waals surface area contributed by atoms with Gasteiger partial charge in [0.05, 0.1) is 0 Å². The van der Waals surface area contributed by atoms with Crippen LogP contribution in [-0.2, 0) is 11.2 Å². The Morgan fingerprint density at radius 2 is 2.38 bits per heavy atom. The van der Waals surface area contributed by atoms with Crippen LogP contribution < -0.4 is 5.43 Å². The Hall–Kier alpha value is -1.50. The highest BCUT2D eigenvalue weighted by molar-refractivity contribution is 7.13. The Kier molecular flexibility index (Phi) is 3.14. The molecule has 0 aromatic carbocycles. The molecular weight excluding hydrogens is 228 g/mol. The SMILES string of the molecule is CCc1nnc(C(=O)NN2CCCC2=O)s1. The third-order valence-corrected chi connectivity index (χ3v) is 3.34. The van der Waals surface area contributed by atoms with Gasteiger partial charge in [0.15, 0.2) is 0 Å². The zero-order chi connectivity index (χ0) is 11.5. The molecule has 1 aromatic heterocycles. The van der Waals surface area contributed by atoms with Crippen molar-refractivity contribution in [3.63, 3.8) is 0 Å². The molecule has 2 amide bonds. The molecule has 0 atom stereocenters. The second kappa shape index (κ2) is 4.56. The van der Waals surface area contributed by atoms with Crippen molar-refractivity contribution >= 4 is 23.2 Å². The van der Waals surface area contributed by atoms with Gasteiger partial charge < -0.3 is 0 Å². The number of carbonyl (C=O) groups excluding carboxylic acids is 2. The van der Waals surface area contributed by atoms with E-state index < -0.39 is 0 Å². The first-order valence-electron chi connectivity index (χ1n) is 5.14. The molecule has 1 aliphatic heterocycles. The molecular formula is C9H12N4O2S. The predicted octanol–water partition coefficient (Wildman–Crippen LogP) is 0.368. The van der Waals surface area contributed by atoms with E-state index >= 15 is 0 Å². The highest BCUT2D eigenvalue weighted by atomic mass is 32.1. The fourth-order valence-corrected chi connectivity index (χ4v) is 2.09. The number of amides is 2. The molecule has 0 unspecified atom stereocenters. The maximum Gasteiger partial charge on any atom is 0.300 e. The number of hydrogen-bond donors (Lipinski definition) is 1. The van der Waals surface area contributed by atoms with Gasteiger partial charge in [-0.1, -0.05) is 18.3 Å². The molecule has 16 heavy (non-hydrogen) atoms. The van der Waals surface area contributed by atoms with Gasteiger partial charge in [-0.15, -0.1) is 10.2 Å². The summed E-state index contributed by atoms with van der Waals surface area (Å²) < 4.78 is 0. The van der Waals surface area contributed by atoms with Gasteiger partial charge in [-0.25, -0.2) is 0 Å². The van der Waals surface area contributed by atoms with Crippen LogP contribution >= 0.6 is 11.3 Å². The minimum Gasteiger partial charge on any atom is -0.273 e. The van der Waals surface area contributed by atoms with Crippen molar-refractivity contribution in [2.75, 3.05) is 6.54 Å². The van der Waals surface area contributed by atoms with Gasteiger partial charge >= 0.3 is 5.91 Å². The monoisotopic (exact) mass is 240 g/mol. The van der Waals surface area contributed by atoms with Crippen molar-refractivity contribution < 1.29 is 9.59 Å². The molecule has 1 aromatic rings. The molecule has 0 spiro atoms. The lowest BCUT2D eigenvalue weighted by Gasteiger charge is -2.15. The average Bonchev–Trinajstić information content (AvgIpc) is 2.88. The van der Waals surface area contributed by atoms with Crippen molar-refractivity contribution in [3.8, 4) is 0 Å². The molecule has 0 aliphatic carbocycles. The normalized spacial score (nSPS) is 15.6. The third kappa shape index (κ3) is 2.19. The number of hydrogen-bond acceptors (Lipinski definition) is 5. The van der Waals surface area contributed by atoms with Crippen molar-refractivity contribution in [3.05, 3.63) is 10.0 Å². The Bertz CT molecular complexity index is 417. The van der Waals surface area contributed by atoms with Crippen molar-refractivity contribution in [2.45, 2.75) is 26.2 Å². The molecule has 7 heteroatoms. The van der Waals surface area contributed by atoms with Crippen molar-refractivity contribution in [2.24, 2.45) is 0 Å². The number of nitrogens with zero attached hydrogens (tertiary/aromatic N) is 3. The van der Waals surface area contributed by atoms with E-state index in [2.05, 4.69) is 15.6 Å². The Balaban J connectivity index is 1.99. The largest absolute Gasteiger partial charge is 0.300 e. The zero-order valence-corrected chi connectivity index (χ0v) is 9.71. The number of aryl methyl sites for hydroxylation is 1. The number of carbonyl (C=O) groups is 2. The molecule has 6 nitrogen and oxygen atoms in total. The van der Waals surface area contributed by atoms with E-state index in [1.807, 2.05) is 6.92 Å². The molecule has 0 bridgehead atoms. The second-order valence-corrected chi connectivity index (χ2v) is 4.51. The Labute approximate surface area is 96.6 Å². The Morgan fingerprint density at radius 1 is 1.56 bits per heavy atom. The van der Waals surface area contributed by atoms with Crippen LogP contribution in [0.1, 0.15) is 34.6 Å². The molecule has 86 valence electrons. The van der Waals surface area contributed by atoms with Crippen LogP contribution in [-0.4, -0.2) is 33.6 Å². The van der Waals surface area contributed by atoms with Crippen LogP contribution in [0, 0.1) is 0 Å². The van der Waals surface area contributed by atoms with E-state index in [-0.39, 0.29) is 11.8 Å². The summed E-state index contributed by atoms with van der Waals surface area (Å²) in [6, 6.07) is 0. The van der Waals surface area contributed by atoms with Crippen LogP contribution in [0.2, 0.25) is 0 Å². The van der Waals surface area contributed by atoms with E-state index in [0.29, 0.717) is 18.0 Å². The molecule has 1 fully saturated rings. The second-order valence-electron chi connectivity index (χ2n) is 3.44. The van der Waals surface area contributed by atoms with Gasteiger partial charge in [0.25, 0.3) is 0 Å². The van der Waals surface area contributed by atoms with E-state index in [1.165, 1.54) is 16.3 Å². The van der Waals surface area contributed by atoms with E-state index in [0.717, 1.165) is 17.8 Å². The highest BCUT2D eigenvalue weighted by Gasteiger charge is 2.23. The van der Waals surface area contributed by atoms with Gasteiger partial charge in [-0.3, -0.25) is 20.0 Å². The molecule has 0 radical (unpaired) electrons. The van der Waals surface area contributed by atoms with Gasteiger partial charge in [0.1, 0.15) is 5.01 Å². The number of aromatic nitrogens is 2. The maximum absolute atomic E-state index is 11.7. The minimum absolute atomic E-state index is 0.0476. The summed E-state index contributed by atoms with van der Waals surface area (Å²) in [6.45, 7) is 2.52. The third-order valence-electron chi connectivity index (χ3n) is 2.27. The quantitative estimate of drug-likeness (QED) is 0.828. The summed E-state index contributed by atoms with van der Waals surface area (Å²) in [5.74, 6) is -0.402. The van der Waals surface area contributed by atoms with Crippen LogP contribution in [0.15, 0.2) is 0 Å². The van der Waals surface area contributed by atoms with Crippen LogP contribution in [0.4, 0.5) is 0 Å². The lowest BCUT2D eigenvalue weighted by molar-refractivity contribution is -0.129. The summed E-state index contributed by atoms with van der Waals surface area (Å²) in [5, 5.41) is 10.1. The fraction of sp³-hybridized carbons (Fsp3) is 0.556. The van der Waals surface area contributed by atoms with Crippen LogP contribution in [0.5, 0.6) is 0 Å². The summed E-state index contributed by atoms with van der Waals surface area (Å²) in [6.07, 6.45) is 2.04. The minimum atomic E-state index is -0.354. The molecule has 2 rings (SSSR count). The fourth-order valence-electron chi connectivity index (χ4n) is 1.42. The molecule has 0 saturated carbocycles. The lowest BCUT2D eigenvalue weighted by Crippen LogP contribution is -2.42. The standard InChI is InChI=1S/C9H12N4O2S/c1-2-6-10-11-9(16-6)8(15)12-13-5-3-4-7(13)14/h2-5H2,1H3,(H,12,15). The van der Waals surface area contributed by atoms with Crippen molar-refractivity contribution in [1.82, 2.24) is 20.6 Å². The highest BCUT2D eigenvalue weighted by Crippen LogP contribution is 2.11. The summed E-state index contributed by atoms with van der Waals surface area (Å²) in [5.41, 5.74) is 2.54. The lowest BCUT2D eigenvalue weighted by atomic mass is 10.4. The Morgan fingerprint density at radius 3 is 2.94 bits per heavy atom. The zero-order valence-electron chi connectivity index (χ0n) is 8.89. The van der Waals surface area contributed by atoms with Gasteiger partial charge in [-0.2, -0.15) is 0 Å². The maximum atomic E-state index is 11.7. The number of nitrogens with one attached hydrogen (secondary N) is 1. The van der Waals surface area contributed by atoms with Gasteiger partial charge in [-0.05, 0) is 12.8 Å². The number of hydrazine groups is 1. The van der Waals surface area contributed by atoms with E-state index in [9.17, 15) is 9.59 Å². The van der Waals surface area contributed by atoms with Gasteiger partial charge in [0, 0.05) is 13.0 Å². The van der Waals surface area contributed by atoms with Crippen molar-refractivity contribution in [1.29, 1.82) is 0 Å². The average molecular weight is 240 g/mol.